The van der Waals surface area contributed by atoms with Gasteiger partial charge in [0.05, 0.1) is 5.56 Å². The van der Waals surface area contributed by atoms with Gasteiger partial charge in [-0.15, -0.1) is 0 Å². The topological polar surface area (TPSA) is 67.4 Å². The van der Waals surface area contributed by atoms with Crippen molar-refractivity contribution in [3.05, 3.63) is 82.4 Å². The van der Waals surface area contributed by atoms with E-state index in [1.165, 1.54) is 42.5 Å². The molecule has 2 aromatic rings. The molecule has 2 aromatic carbocycles. The van der Waals surface area contributed by atoms with Crippen molar-refractivity contribution in [2.24, 2.45) is 0 Å². The monoisotopic (exact) mass is 388 g/mol. The van der Waals surface area contributed by atoms with E-state index in [-0.39, 0.29) is 17.1 Å². The van der Waals surface area contributed by atoms with Crippen molar-refractivity contribution in [1.82, 2.24) is 10.6 Å². The van der Waals surface area contributed by atoms with E-state index in [1.54, 1.807) is 26.2 Å². The van der Waals surface area contributed by atoms with Crippen LogP contribution < -0.4 is 15.4 Å². The van der Waals surface area contributed by atoms with E-state index in [2.05, 4.69) is 10.6 Å². The van der Waals surface area contributed by atoms with Gasteiger partial charge in [-0.3, -0.25) is 9.59 Å². The Balaban J connectivity index is 2.34. The first-order chi connectivity index (χ1) is 12.9. The number of halogens is 2. The lowest BCUT2D eigenvalue weighted by atomic mass is 10.1. The van der Waals surface area contributed by atoms with Crippen LogP contribution in [0.1, 0.15) is 15.9 Å². The SMILES string of the molecule is CN/C=C\C(=C/C=O)NC(=O)c1ccc(Cl)cc1Oc1ccc(F)cc1C. The number of hydrogen-bond acceptors (Lipinski definition) is 4. The summed E-state index contributed by atoms with van der Waals surface area (Å²) in [7, 11) is 1.69. The minimum atomic E-state index is -0.490. The van der Waals surface area contributed by atoms with Crippen molar-refractivity contribution >= 4 is 23.8 Å². The lowest BCUT2D eigenvalue weighted by Crippen LogP contribution is -2.23. The maximum Gasteiger partial charge on any atom is 0.259 e. The van der Waals surface area contributed by atoms with E-state index in [4.69, 9.17) is 16.3 Å². The summed E-state index contributed by atoms with van der Waals surface area (Å²) in [5.41, 5.74) is 1.07. The van der Waals surface area contributed by atoms with Gasteiger partial charge >= 0.3 is 0 Å². The lowest BCUT2D eigenvalue weighted by Gasteiger charge is -2.14. The molecule has 1 amide bonds. The van der Waals surface area contributed by atoms with Crippen molar-refractivity contribution in [2.75, 3.05) is 7.05 Å². The molecule has 5 nitrogen and oxygen atoms in total. The van der Waals surface area contributed by atoms with Crippen molar-refractivity contribution in [3.8, 4) is 11.5 Å². The van der Waals surface area contributed by atoms with Gasteiger partial charge in [0, 0.05) is 29.9 Å². The minimum absolute atomic E-state index is 0.206. The molecule has 0 spiro atoms. The van der Waals surface area contributed by atoms with E-state index >= 15 is 0 Å². The van der Waals surface area contributed by atoms with Gasteiger partial charge in [-0.05, 0) is 55.1 Å². The number of carbonyl (C=O) groups excluding carboxylic acids is 2. The summed E-state index contributed by atoms with van der Waals surface area (Å²) in [6.45, 7) is 1.69. The third-order valence-electron chi connectivity index (χ3n) is 3.48. The van der Waals surface area contributed by atoms with E-state index in [9.17, 15) is 14.0 Å². The Labute approximate surface area is 161 Å². The number of hydrogen-bond donors (Lipinski definition) is 2. The van der Waals surface area contributed by atoms with Crippen LogP contribution in [0.2, 0.25) is 5.02 Å². The summed E-state index contributed by atoms with van der Waals surface area (Å²) >= 11 is 6.03. The first-order valence-corrected chi connectivity index (χ1v) is 8.36. The Morgan fingerprint density at radius 1 is 1.19 bits per heavy atom. The molecule has 0 bridgehead atoms. The highest BCUT2D eigenvalue weighted by Crippen LogP contribution is 2.30. The normalized spacial score (nSPS) is 11.3. The standard InChI is InChI=1S/C20H18ClFN2O3/c1-13-11-15(22)4-6-18(13)27-19-12-14(21)3-5-17(19)20(26)24-16(8-10-25)7-9-23-2/h3-12,23H,1-2H3,(H,24,26)/b9-7-,16-8+. The molecule has 0 aliphatic rings. The Hall–Kier alpha value is -3.12. The summed E-state index contributed by atoms with van der Waals surface area (Å²) in [6.07, 6.45) is 4.88. The maximum atomic E-state index is 13.3. The number of amides is 1. The molecule has 0 heterocycles. The first kappa shape index (κ1) is 20.2. The first-order valence-electron chi connectivity index (χ1n) is 7.98. The summed E-state index contributed by atoms with van der Waals surface area (Å²) in [4.78, 5) is 23.4. The smallest absolute Gasteiger partial charge is 0.259 e. The maximum absolute atomic E-state index is 13.3. The molecule has 0 aliphatic heterocycles. The minimum Gasteiger partial charge on any atom is -0.456 e. The molecule has 27 heavy (non-hydrogen) atoms. The molecule has 0 fully saturated rings. The van der Waals surface area contributed by atoms with Gasteiger partial charge in [0.2, 0.25) is 0 Å². The van der Waals surface area contributed by atoms with Crippen molar-refractivity contribution < 1.29 is 18.7 Å². The Bertz CT molecular complexity index is 910. The van der Waals surface area contributed by atoms with Gasteiger partial charge in [-0.1, -0.05) is 11.6 Å². The van der Waals surface area contributed by atoms with Crippen LogP contribution in [0.4, 0.5) is 4.39 Å². The van der Waals surface area contributed by atoms with E-state index < -0.39 is 5.91 Å². The number of allylic oxidation sites excluding steroid dienone is 2. The molecule has 0 unspecified atom stereocenters. The van der Waals surface area contributed by atoms with Crippen LogP contribution in [-0.4, -0.2) is 19.2 Å². The van der Waals surface area contributed by atoms with E-state index in [1.807, 2.05) is 0 Å². The zero-order chi connectivity index (χ0) is 19.8. The van der Waals surface area contributed by atoms with Crippen LogP contribution in [0.5, 0.6) is 11.5 Å². The summed E-state index contributed by atoms with van der Waals surface area (Å²) in [6, 6.07) is 8.61. The third kappa shape index (κ3) is 5.69. The molecule has 0 aromatic heterocycles. The lowest BCUT2D eigenvalue weighted by molar-refractivity contribution is -0.104. The second kappa shape index (κ2) is 9.54. The average Bonchev–Trinajstić information content (AvgIpc) is 2.62. The Morgan fingerprint density at radius 3 is 2.63 bits per heavy atom. The number of aldehydes is 1. The van der Waals surface area contributed by atoms with Crippen molar-refractivity contribution in [2.45, 2.75) is 6.92 Å². The highest BCUT2D eigenvalue weighted by atomic mass is 35.5. The number of carbonyl (C=O) groups is 2. The van der Waals surface area contributed by atoms with Crippen LogP contribution in [0, 0.1) is 12.7 Å². The van der Waals surface area contributed by atoms with Crippen LogP contribution in [0.25, 0.3) is 0 Å². The van der Waals surface area contributed by atoms with Crippen LogP contribution in [0.15, 0.2) is 60.4 Å². The largest absolute Gasteiger partial charge is 0.456 e. The second-order valence-corrected chi connectivity index (χ2v) is 5.92. The number of nitrogens with one attached hydrogen (secondary N) is 2. The number of aryl methyl sites for hydroxylation is 1. The average molecular weight is 389 g/mol. The fourth-order valence-corrected chi connectivity index (χ4v) is 2.36. The fraction of sp³-hybridized carbons (Fsp3) is 0.100. The molecular formula is C20H18ClFN2O3. The zero-order valence-electron chi connectivity index (χ0n) is 14.8. The van der Waals surface area contributed by atoms with Gasteiger partial charge in [-0.25, -0.2) is 4.39 Å². The fourth-order valence-electron chi connectivity index (χ4n) is 2.20. The van der Waals surface area contributed by atoms with E-state index in [0.717, 1.165) is 0 Å². The summed E-state index contributed by atoms with van der Waals surface area (Å²) in [5, 5.41) is 5.76. The molecule has 7 heteroatoms. The second-order valence-electron chi connectivity index (χ2n) is 5.49. The molecule has 140 valence electrons. The number of benzene rings is 2. The number of ether oxygens (including phenoxy) is 1. The molecule has 2 N–H and O–H groups in total. The van der Waals surface area contributed by atoms with Gasteiger partial charge < -0.3 is 15.4 Å². The molecule has 0 radical (unpaired) electrons. The van der Waals surface area contributed by atoms with Crippen molar-refractivity contribution in [3.63, 3.8) is 0 Å². The molecule has 0 atom stereocenters. The Kier molecular flexibility index (Phi) is 7.14. The highest BCUT2D eigenvalue weighted by molar-refractivity contribution is 6.30. The number of rotatable bonds is 7. The molecule has 0 aliphatic carbocycles. The molecule has 0 saturated heterocycles. The molecule has 2 rings (SSSR count). The van der Waals surface area contributed by atoms with Gasteiger partial charge in [0.15, 0.2) is 0 Å². The molecule has 0 saturated carbocycles. The zero-order valence-corrected chi connectivity index (χ0v) is 15.5. The van der Waals surface area contributed by atoms with E-state index in [0.29, 0.717) is 28.3 Å². The highest BCUT2D eigenvalue weighted by Gasteiger charge is 2.15. The van der Waals surface area contributed by atoms with Crippen LogP contribution in [0.3, 0.4) is 0 Å². The van der Waals surface area contributed by atoms with Gasteiger partial charge in [0.1, 0.15) is 23.6 Å². The summed E-state index contributed by atoms with van der Waals surface area (Å²) in [5.74, 6) is -0.275. The quantitative estimate of drug-likeness (QED) is 0.425. The third-order valence-corrected chi connectivity index (χ3v) is 3.72. The van der Waals surface area contributed by atoms with Crippen LogP contribution >= 0.6 is 11.6 Å². The van der Waals surface area contributed by atoms with Gasteiger partial charge in [-0.2, -0.15) is 0 Å². The Morgan fingerprint density at radius 2 is 1.96 bits per heavy atom. The molecular weight excluding hydrogens is 371 g/mol. The predicted molar refractivity (Wildman–Crippen MR) is 102 cm³/mol. The predicted octanol–water partition coefficient (Wildman–Crippen LogP) is 4.13. The van der Waals surface area contributed by atoms with Crippen LogP contribution in [-0.2, 0) is 4.79 Å². The summed E-state index contributed by atoms with van der Waals surface area (Å²) < 4.78 is 19.1. The van der Waals surface area contributed by atoms with Gasteiger partial charge in [0.25, 0.3) is 5.91 Å². The van der Waals surface area contributed by atoms with Crippen molar-refractivity contribution in [1.29, 1.82) is 0 Å².